The van der Waals surface area contributed by atoms with Crippen LogP contribution in [0.4, 0.5) is 5.69 Å². The molecule has 100 valence electrons. The largest absolute Gasteiger partial charge is 0.448 e. The second-order valence-corrected chi connectivity index (χ2v) is 4.50. The Morgan fingerprint density at radius 1 is 1.32 bits per heavy atom. The molecule has 1 N–H and O–H groups in total. The number of anilines is 1. The van der Waals surface area contributed by atoms with Gasteiger partial charge in [0.2, 0.25) is 0 Å². The van der Waals surface area contributed by atoms with Gasteiger partial charge < -0.3 is 14.6 Å². The summed E-state index contributed by atoms with van der Waals surface area (Å²) < 4.78 is 5.00. The van der Waals surface area contributed by atoms with Gasteiger partial charge in [-0.3, -0.25) is 4.79 Å². The summed E-state index contributed by atoms with van der Waals surface area (Å²) in [5.41, 5.74) is 2.51. The quantitative estimate of drug-likeness (QED) is 0.912. The van der Waals surface area contributed by atoms with Gasteiger partial charge in [-0.1, -0.05) is 12.1 Å². The Hall–Kier alpha value is -2.30. The Morgan fingerprint density at radius 2 is 2.00 bits per heavy atom. The van der Waals surface area contributed by atoms with Crippen molar-refractivity contribution in [2.24, 2.45) is 0 Å². The predicted molar refractivity (Wildman–Crippen MR) is 73.2 cm³/mol. The maximum Gasteiger partial charge on any atom is 0.273 e. The average Bonchev–Trinajstić information content (AvgIpc) is 2.83. The minimum atomic E-state index is -0.220. The number of amides is 1. The monoisotopic (exact) mass is 259 g/mol. The first-order valence-electron chi connectivity index (χ1n) is 6.02. The van der Waals surface area contributed by atoms with Gasteiger partial charge in [-0.15, -0.1) is 0 Å². The van der Waals surface area contributed by atoms with Crippen LogP contribution in [0.2, 0.25) is 0 Å². The van der Waals surface area contributed by atoms with Crippen LogP contribution in [-0.4, -0.2) is 25.0 Å². The molecule has 0 saturated carbocycles. The van der Waals surface area contributed by atoms with E-state index in [1.54, 1.807) is 6.92 Å². The third kappa shape index (κ3) is 3.13. The van der Waals surface area contributed by atoms with E-state index in [0.29, 0.717) is 18.0 Å². The highest BCUT2D eigenvalue weighted by Gasteiger charge is 2.12. The molecule has 1 aromatic heterocycles. The fourth-order valence-corrected chi connectivity index (χ4v) is 1.70. The zero-order valence-electron chi connectivity index (χ0n) is 11.3. The van der Waals surface area contributed by atoms with Crippen LogP contribution >= 0.6 is 0 Å². The summed E-state index contributed by atoms with van der Waals surface area (Å²) >= 11 is 0. The highest BCUT2D eigenvalue weighted by molar-refractivity contribution is 5.92. The van der Waals surface area contributed by atoms with Crippen molar-refractivity contribution in [2.75, 3.05) is 19.0 Å². The van der Waals surface area contributed by atoms with Crippen LogP contribution in [0.15, 0.2) is 35.1 Å². The molecule has 0 aliphatic carbocycles. The van der Waals surface area contributed by atoms with E-state index < -0.39 is 0 Å². The SMILES string of the molecule is Cc1ocnc1C(=O)NCc1ccc(N(C)C)cc1. The van der Waals surface area contributed by atoms with E-state index in [1.165, 1.54) is 6.39 Å². The molecule has 19 heavy (non-hydrogen) atoms. The highest BCUT2D eigenvalue weighted by atomic mass is 16.3. The zero-order valence-corrected chi connectivity index (χ0v) is 11.3. The molecule has 2 aromatic rings. The standard InChI is InChI=1S/C14H17N3O2/c1-10-13(16-9-19-10)14(18)15-8-11-4-6-12(7-5-11)17(2)3/h4-7,9H,8H2,1-3H3,(H,15,18). The smallest absolute Gasteiger partial charge is 0.273 e. The summed E-state index contributed by atoms with van der Waals surface area (Å²) in [6.45, 7) is 2.19. The fraction of sp³-hybridized carbons (Fsp3) is 0.286. The molecule has 0 atom stereocenters. The van der Waals surface area contributed by atoms with E-state index in [4.69, 9.17) is 4.42 Å². The first-order chi connectivity index (χ1) is 9.08. The Kier molecular flexibility index (Phi) is 3.85. The van der Waals surface area contributed by atoms with Crippen molar-refractivity contribution in [3.05, 3.63) is 47.7 Å². The molecule has 0 unspecified atom stereocenters. The number of rotatable bonds is 4. The van der Waals surface area contributed by atoms with E-state index in [9.17, 15) is 4.79 Å². The van der Waals surface area contributed by atoms with E-state index in [1.807, 2.05) is 43.3 Å². The van der Waals surface area contributed by atoms with Crippen LogP contribution in [0.1, 0.15) is 21.8 Å². The van der Waals surface area contributed by atoms with Gasteiger partial charge in [0, 0.05) is 26.3 Å². The van der Waals surface area contributed by atoms with Crippen molar-refractivity contribution >= 4 is 11.6 Å². The molecule has 5 heteroatoms. The van der Waals surface area contributed by atoms with E-state index in [-0.39, 0.29) is 5.91 Å². The first-order valence-corrected chi connectivity index (χ1v) is 6.02. The van der Waals surface area contributed by atoms with Gasteiger partial charge in [0.15, 0.2) is 12.1 Å². The third-order valence-corrected chi connectivity index (χ3v) is 2.87. The van der Waals surface area contributed by atoms with E-state index in [0.717, 1.165) is 11.3 Å². The Labute approximate surface area is 112 Å². The molecule has 1 heterocycles. The van der Waals surface area contributed by atoms with Crippen molar-refractivity contribution in [3.63, 3.8) is 0 Å². The minimum absolute atomic E-state index is 0.220. The minimum Gasteiger partial charge on any atom is -0.448 e. The number of hydrogen-bond acceptors (Lipinski definition) is 4. The fourth-order valence-electron chi connectivity index (χ4n) is 1.70. The predicted octanol–water partition coefficient (Wildman–Crippen LogP) is 1.98. The van der Waals surface area contributed by atoms with Crippen molar-refractivity contribution in [1.82, 2.24) is 10.3 Å². The lowest BCUT2D eigenvalue weighted by atomic mass is 10.2. The molecule has 1 aromatic carbocycles. The molecule has 0 aliphatic heterocycles. The number of oxazole rings is 1. The number of carbonyl (C=O) groups is 1. The molecule has 0 bridgehead atoms. The highest BCUT2D eigenvalue weighted by Crippen LogP contribution is 2.12. The van der Waals surface area contributed by atoms with Gasteiger partial charge >= 0.3 is 0 Å². The summed E-state index contributed by atoms with van der Waals surface area (Å²) in [5, 5.41) is 2.82. The topological polar surface area (TPSA) is 58.4 Å². The molecule has 0 fully saturated rings. The second kappa shape index (κ2) is 5.56. The van der Waals surface area contributed by atoms with Crippen molar-refractivity contribution in [3.8, 4) is 0 Å². The molecule has 0 saturated heterocycles. The number of benzene rings is 1. The number of aromatic nitrogens is 1. The van der Waals surface area contributed by atoms with Gasteiger partial charge in [0.05, 0.1) is 0 Å². The molecular formula is C14H17N3O2. The zero-order chi connectivity index (χ0) is 13.8. The van der Waals surface area contributed by atoms with Crippen molar-refractivity contribution in [2.45, 2.75) is 13.5 Å². The molecule has 2 rings (SSSR count). The maximum absolute atomic E-state index is 11.8. The lowest BCUT2D eigenvalue weighted by Crippen LogP contribution is -2.23. The lowest BCUT2D eigenvalue weighted by Gasteiger charge is -2.12. The van der Waals surface area contributed by atoms with Gasteiger partial charge in [-0.05, 0) is 24.6 Å². The number of nitrogens with one attached hydrogen (secondary N) is 1. The maximum atomic E-state index is 11.8. The van der Waals surface area contributed by atoms with E-state index in [2.05, 4.69) is 10.3 Å². The van der Waals surface area contributed by atoms with Gasteiger partial charge in [0.1, 0.15) is 5.76 Å². The molecule has 0 spiro atoms. The van der Waals surface area contributed by atoms with Crippen LogP contribution in [0, 0.1) is 6.92 Å². The third-order valence-electron chi connectivity index (χ3n) is 2.87. The lowest BCUT2D eigenvalue weighted by molar-refractivity contribution is 0.0945. The molecule has 1 amide bonds. The van der Waals surface area contributed by atoms with Crippen molar-refractivity contribution < 1.29 is 9.21 Å². The summed E-state index contributed by atoms with van der Waals surface area (Å²) in [6.07, 6.45) is 1.27. The number of hydrogen-bond donors (Lipinski definition) is 1. The number of carbonyl (C=O) groups excluding carboxylic acids is 1. The molecule has 0 aliphatic rings. The van der Waals surface area contributed by atoms with E-state index >= 15 is 0 Å². The number of aryl methyl sites for hydroxylation is 1. The normalized spacial score (nSPS) is 10.3. The van der Waals surface area contributed by atoms with Crippen LogP contribution in [0.5, 0.6) is 0 Å². The Balaban J connectivity index is 1.95. The Morgan fingerprint density at radius 3 is 2.53 bits per heavy atom. The summed E-state index contributed by atoms with van der Waals surface area (Å²) in [6, 6.07) is 8.02. The first kappa shape index (κ1) is 13.1. The molecule has 5 nitrogen and oxygen atoms in total. The molecule has 0 radical (unpaired) electrons. The average molecular weight is 259 g/mol. The van der Waals surface area contributed by atoms with Gasteiger partial charge in [0.25, 0.3) is 5.91 Å². The van der Waals surface area contributed by atoms with Crippen LogP contribution in [0.3, 0.4) is 0 Å². The Bertz CT molecular complexity index is 558. The summed E-state index contributed by atoms with van der Waals surface area (Å²) in [4.78, 5) is 17.7. The van der Waals surface area contributed by atoms with Crippen LogP contribution in [-0.2, 0) is 6.54 Å². The van der Waals surface area contributed by atoms with Crippen LogP contribution in [0.25, 0.3) is 0 Å². The van der Waals surface area contributed by atoms with Gasteiger partial charge in [-0.25, -0.2) is 4.98 Å². The van der Waals surface area contributed by atoms with Crippen molar-refractivity contribution in [1.29, 1.82) is 0 Å². The molecular weight excluding hydrogens is 242 g/mol. The number of nitrogens with zero attached hydrogens (tertiary/aromatic N) is 2. The van der Waals surface area contributed by atoms with Crippen LogP contribution < -0.4 is 10.2 Å². The summed E-state index contributed by atoms with van der Waals surface area (Å²) in [5.74, 6) is 0.309. The summed E-state index contributed by atoms with van der Waals surface area (Å²) in [7, 11) is 3.98. The van der Waals surface area contributed by atoms with Gasteiger partial charge in [-0.2, -0.15) is 0 Å². The second-order valence-electron chi connectivity index (χ2n) is 4.50.